The van der Waals surface area contributed by atoms with Crippen molar-refractivity contribution in [3.63, 3.8) is 0 Å². The lowest BCUT2D eigenvalue weighted by Gasteiger charge is -2.34. The molecule has 1 unspecified atom stereocenters. The molecule has 2 N–H and O–H groups in total. The lowest BCUT2D eigenvalue weighted by atomic mass is 9.81. The SMILES string of the molecule is CC(C)C(O)(Cn1ccnc1)c1ccc2c(c1)CCC(=O)N2. The summed E-state index contributed by atoms with van der Waals surface area (Å²) in [7, 11) is 0. The summed E-state index contributed by atoms with van der Waals surface area (Å²) >= 11 is 0. The van der Waals surface area contributed by atoms with Gasteiger partial charge in [-0.15, -0.1) is 0 Å². The first-order valence-electron chi connectivity index (χ1n) is 7.60. The zero-order valence-electron chi connectivity index (χ0n) is 12.9. The summed E-state index contributed by atoms with van der Waals surface area (Å²) in [4.78, 5) is 15.5. The van der Waals surface area contributed by atoms with Gasteiger partial charge in [-0.05, 0) is 29.5 Å². The summed E-state index contributed by atoms with van der Waals surface area (Å²) in [6.07, 6.45) is 6.49. The number of carbonyl (C=O) groups is 1. The summed E-state index contributed by atoms with van der Waals surface area (Å²) in [6, 6.07) is 5.82. The predicted molar refractivity (Wildman–Crippen MR) is 84.4 cm³/mol. The molecule has 2 aromatic rings. The van der Waals surface area contributed by atoms with Crippen molar-refractivity contribution in [1.29, 1.82) is 0 Å². The van der Waals surface area contributed by atoms with Gasteiger partial charge in [-0.25, -0.2) is 4.98 Å². The van der Waals surface area contributed by atoms with E-state index in [0.29, 0.717) is 19.4 Å². The monoisotopic (exact) mass is 299 g/mol. The van der Waals surface area contributed by atoms with Crippen LogP contribution in [0.4, 0.5) is 5.69 Å². The van der Waals surface area contributed by atoms with E-state index in [1.54, 1.807) is 12.5 Å². The van der Waals surface area contributed by atoms with Crippen molar-refractivity contribution >= 4 is 11.6 Å². The number of aryl methyl sites for hydroxylation is 1. The predicted octanol–water partition coefficient (Wildman–Crippen LogP) is 2.31. The summed E-state index contributed by atoms with van der Waals surface area (Å²) in [6.45, 7) is 4.48. The van der Waals surface area contributed by atoms with Gasteiger partial charge in [0.05, 0.1) is 12.9 Å². The molecule has 5 heteroatoms. The highest BCUT2D eigenvalue weighted by Crippen LogP contribution is 2.34. The molecule has 22 heavy (non-hydrogen) atoms. The van der Waals surface area contributed by atoms with Crippen LogP contribution in [0.1, 0.15) is 31.4 Å². The molecule has 5 nitrogen and oxygen atoms in total. The van der Waals surface area contributed by atoms with E-state index in [9.17, 15) is 9.90 Å². The number of amides is 1. The number of hydrogen-bond donors (Lipinski definition) is 2. The Bertz CT molecular complexity index is 679. The molecular formula is C17H21N3O2. The van der Waals surface area contributed by atoms with E-state index < -0.39 is 5.60 Å². The fourth-order valence-electron chi connectivity index (χ4n) is 2.92. The van der Waals surface area contributed by atoms with Gasteiger partial charge in [-0.3, -0.25) is 4.79 Å². The third-order valence-electron chi connectivity index (χ3n) is 4.44. The maximum atomic E-state index is 11.5. The van der Waals surface area contributed by atoms with Crippen LogP contribution in [0.2, 0.25) is 0 Å². The Hall–Kier alpha value is -2.14. The minimum absolute atomic E-state index is 0.0473. The normalized spacial score (nSPS) is 17.0. The fourth-order valence-corrected chi connectivity index (χ4v) is 2.92. The van der Waals surface area contributed by atoms with Crippen molar-refractivity contribution < 1.29 is 9.90 Å². The smallest absolute Gasteiger partial charge is 0.224 e. The summed E-state index contributed by atoms with van der Waals surface area (Å²) < 4.78 is 1.89. The molecule has 2 heterocycles. The Kier molecular flexibility index (Phi) is 3.74. The highest BCUT2D eigenvalue weighted by molar-refractivity contribution is 5.93. The first-order chi connectivity index (χ1) is 10.5. The van der Waals surface area contributed by atoms with Crippen LogP contribution in [-0.2, 0) is 23.4 Å². The number of hydrogen-bond acceptors (Lipinski definition) is 3. The van der Waals surface area contributed by atoms with Gasteiger partial charge in [-0.1, -0.05) is 26.0 Å². The molecule has 0 bridgehead atoms. The van der Waals surface area contributed by atoms with Crippen LogP contribution in [0, 0.1) is 5.92 Å². The van der Waals surface area contributed by atoms with E-state index in [4.69, 9.17) is 0 Å². The molecule has 1 amide bonds. The molecule has 1 aromatic carbocycles. The number of rotatable bonds is 4. The molecule has 0 fully saturated rings. The van der Waals surface area contributed by atoms with E-state index in [1.165, 1.54) is 0 Å². The quantitative estimate of drug-likeness (QED) is 0.910. The van der Waals surface area contributed by atoms with Crippen LogP contribution in [0.3, 0.4) is 0 Å². The van der Waals surface area contributed by atoms with Gasteiger partial charge in [0.25, 0.3) is 0 Å². The van der Waals surface area contributed by atoms with Crippen LogP contribution in [0.25, 0.3) is 0 Å². The Morgan fingerprint density at radius 2 is 2.23 bits per heavy atom. The van der Waals surface area contributed by atoms with Gasteiger partial charge < -0.3 is 15.0 Å². The third kappa shape index (κ3) is 2.64. The maximum absolute atomic E-state index is 11.5. The average Bonchev–Trinajstić information content (AvgIpc) is 2.99. The number of aromatic nitrogens is 2. The molecule has 1 aromatic heterocycles. The Labute approximate surface area is 130 Å². The number of benzene rings is 1. The van der Waals surface area contributed by atoms with Gasteiger partial charge in [0.1, 0.15) is 5.60 Å². The lowest BCUT2D eigenvalue weighted by molar-refractivity contribution is -0.116. The van der Waals surface area contributed by atoms with Crippen LogP contribution in [0.15, 0.2) is 36.9 Å². The van der Waals surface area contributed by atoms with E-state index in [2.05, 4.69) is 10.3 Å². The van der Waals surface area contributed by atoms with Crippen molar-refractivity contribution in [1.82, 2.24) is 9.55 Å². The van der Waals surface area contributed by atoms with Crippen LogP contribution in [0.5, 0.6) is 0 Å². The molecule has 0 saturated carbocycles. The standard InChI is InChI=1S/C17H21N3O2/c1-12(2)17(22,10-20-8-7-18-11-20)14-4-5-15-13(9-14)3-6-16(21)19-15/h4-5,7-9,11-12,22H,3,6,10H2,1-2H3,(H,19,21). The Morgan fingerprint density at radius 1 is 1.41 bits per heavy atom. The summed E-state index contributed by atoms with van der Waals surface area (Å²) in [5.74, 6) is 0.101. The van der Waals surface area contributed by atoms with E-state index >= 15 is 0 Å². The number of anilines is 1. The van der Waals surface area contributed by atoms with Gasteiger partial charge in [0.2, 0.25) is 5.91 Å². The Morgan fingerprint density at radius 3 is 2.91 bits per heavy atom. The minimum Gasteiger partial charge on any atom is -0.383 e. The average molecular weight is 299 g/mol. The molecule has 3 rings (SSSR count). The van der Waals surface area contributed by atoms with Crippen molar-refractivity contribution in [2.24, 2.45) is 5.92 Å². The summed E-state index contributed by atoms with van der Waals surface area (Å²) in [5.41, 5.74) is 1.85. The van der Waals surface area contributed by atoms with Gasteiger partial charge >= 0.3 is 0 Å². The first-order valence-corrected chi connectivity index (χ1v) is 7.60. The molecular weight excluding hydrogens is 278 g/mol. The van der Waals surface area contributed by atoms with E-state index in [-0.39, 0.29) is 11.8 Å². The second kappa shape index (κ2) is 5.57. The molecule has 1 atom stereocenters. The van der Waals surface area contributed by atoms with Gasteiger partial charge in [0.15, 0.2) is 0 Å². The largest absolute Gasteiger partial charge is 0.383 e. The van der Waals surface area contributed by atoms with Gasteiger partial charge in [-0.2, -0.15) is 0 Å². The highest BCUT2D eigenvalue weighted by atomic mass is 16.3. The van der Waals surface area contributed by atoms with Crippen molar-refractivity contribution in [2.45, 2.75) is 38.8 Å². The summed E-state index contributed by atoms with van der Waals surface area (Å²) in [5, 5.41) is 14.1. The fraction of sp³-hybridized carbons (Fsp3) is 0.412. The number of imidazole rings is 1. The zero-order chi connectivity index (χ0) is 15.7. The molecule has 1 aliphatic rings. The second-order valence-corrected chi connectivity index (χ2v) is 6.23. The van der Waals surface area contributed by atoms with E-state index in [0.717, 1.165) is 16.8 Å². The number of nitrogens with zero attached hydrogens (tertiary/aromatic N) is 2. The Balaban J connectivity index is 1.96. The lowest BCUT2D eigenvalue weighted by Crippen LogP contribution is -2.37. The molecule has 1 aliphatic heterocycles. The van der Waals surface area contributed by atoms with Crippen molar-refractivity contribution in [3.05, 3.63) is 48.0 Å². The van der Waals surface area contributed by atoms with Crippen molar-refractivity contribution in [2.75, 3.05) is 5.32 Å². The number of nitrogens with one attached hydrogen (secondary N) is 1. The molecule has 116 valence electrons. The topological polar surface area (TPSA) is 67.1 Å². The zero-order valence-corrected chi connectivity index (χ0v) is 12.9. The van der Waals surface area contributed by atoms with Crippen molar-refractivity contribution in [3.8, 4) is 0 Å². The molecule has 0 aliphatic carbocycles. The van der Waals surface area contributed by atoms with Gasteiger partial charge in [0, 0.05) is 24.5 Å². The third-order valence-corrected chi connectivity index (χ3v) is 4.44. The van der Waals surface area contributed by atoms with E-state index in [1.807, 2.05) is 42.8 Å². The first kappa shape index (κ1) is 14.8. The number of fused-ring (bicyclic) bond motifs is 1. The van der Waals surface area contributed by atoms with Crippen LogP contribution < -0.4 is 5.32 Å². The molecule has 0 saturated heterocycles. The minimum atomic E-state index is -0.975. The van der Waals surface area contributed by atoms with Crippen LogP contribution >= 0.6 is 0 Å². The highest BCUT2D eigenvalue weighted by Gasteiger charge is 2.34. The number of carbonyl (C=O) groups excluding carboxylic acids is 1. The number of aliphatic hydroxyl groups is 1. The second-order valence-electron chi connectivity index (χ2n) is 6.23. The maximum Gasteiger partial charge on any atom is 0.224 e. The molecule has 0 spiro atoms. The molecule has 0 radical (unpaired) electrons. The van der Waals surface area contributed by atoms with Crippen LogP contribution in [-0.4, -0.2) is 20.6 Å².